The quantitative estimate of drug-likeness (QED) is 0.297. The van der Waals surface area contributed by atoms with Crippen LogP contribution in [0.15, 0.2) is 71.6 Å². The number of sulfonamides is 1. The summed E-state index contributed by atoms with van der Waals surface area (Å²) in [5.74, 6) is 0.816. The van der Waals surface area contributed by atoms with Crippen molar-refractivity contribution in [2.45, 2.75) is 51.1 Å². The average molecular weight is 634 g/mol. The van der Waals surface area contributed by atoms with Crippen molar-refractivity contribution in [1.29, 1.82) is 0 Å². The van der Waals surface area contributed by atoms with Gasteiger partial charge < -0.3 is 14.5 Å². The minimum atomic E-state index is -4.00. The second-order valence-corrected chi connectivity index (χ2v) is 13.1. The first kappa shape index (κ1) is 34.9. The van der Waals surface area contributed by atoms with Gasteiger partial charge in [0.2, 0.25) is 16.4 Å². The number of hydrogen-bond donors (Lipinski definition) is 0. The molecule has 2 aliphatic heterocycles. The first-order valence-electron chi connectivity index (χ1n) is 14.5. The van der Waals surface area contributed by atoms with Crippen molar-refractivity contribution in [2.75, 3.05) is 51.3 Å². The van der Waals surface area contributed by atoms with Gasteiger partial charge in [-0.1, -0.05) is 48.0 Å². The summed E-state index contributed by atoms with van der Waals surface area (Å²) in [7, 11) is -1.93. The summed E-state index contributed by atoms with van der Waals surface area (Å²) in [6.45, 7) is 11.1. The number of halogens is 3. The molecule has 0 aromatic heterocycles. The van der Waals surface area contributed by atoms with E-state index in [1.807, 2.05) is 11.0 Å². The maximum atomic E-state index is 12.8. The number of methoxy groups -OCH3 is 1. The highest BCUT2D eigenvalue weighted by Gasteiger charge is 2.33. The van der Waals surface area contributed by atoms with Crippen LogP contribution in [0.25, 0.3) is 0 Å². The molecule has 0 radical (unpaired) electrons. The third-order valence-electron chi connectivity index (χ3n) is 7.51. The molecule has 3 aromatic rings. The Morgan fingerprint density at radius 2 is 1.50 bits per heavy atom. The first-order chi connectivity index (χ1) is 20.7. The van der Waals surface area contributed by atoms with E-state index in [1.54, 1.807) is 28.6 Å². The number of piperazine rings is 1. The van der Waals surface area contributed by atoms with Crippen LogP contribution in [0.3, 0.4) is 0 Å². The fourth-order valence-corrected chi connectivity index (χ4v) is 6.72. The molecule has 0 N–H and O–H groups in total. The highest BCUT2D eigenvalue weighted by molar-refractivity contribution is 7.89. The fourth-order valence-electron chi connectivity index (χ4n) is 5.18. The molecular formula is C33H42F3N3O4S. The van der Waals surface area contributed by atoms with Crippen molar-refractivity contribution in [3.63, 3.8) is 0 Å². The van der Waals surface area contributed by atoms with Crippen LogP contribution >= 0.6 is 0 Å². The number of aryl methyl sites for hydroxylation is 3. The SMILES string of the molecule is CC(F)(F)F.COc1cccc(S(=O)(=O)N2CCC(c3cccc(C)c3)C2)c1.Cc1ccc(C)c(N2CCN(C=O)CC2)c1. The van der Waals surface area contributed by atoms with Crippen molar-refractivity contribution in [3.8, 4) is 5.75 Å². The van der Waals surface area contributed by atoms with Crippen molar-refractivity contribution < 1.29 is 31.1 Å². The van der Waals surface area contributed by atoms with Crippen LogP contribution in [0.4, 0.5) is 18.9 Å². The molecule has 1 atom stereocenters. The van der Waals surface area contributed by atoms with E-state index in [9.17, 15) is 26.4 Å². The zero-order valence-corrected chi connectivity index (χ0v) is 26.8. The Bertz CT molecular complexity index is 1480. The van der Waals surface area contributed by atoms with Crippen LogP contribution < -0.4 is 9.64 Å². The van der Waals surface area contributed by atoms with E-state index in [4.69, 9.17) is 4.74 Å². The summed E-state index contributed by atoms with van der Waals surface area (Å²) in [4.78, 5) is 15.1. The molecule has 1 unspecified atom stereocenters. The number of hydrogen-bond acceptors (Lipinski definition) is 5. The summed E-state index contributed by atoms with van der Waals surface area (Å²) in [6, 6.07) is 21.5. The van der Waals surface area contributed by atoms with Gasteiger partial charge in [-0.2, -0.15) is 17.5 Å². The Morgan fingerprint density at radius 3 is 2.11 bits per heavy atom. The predicted octanol–water partition coefficient (Wildman–Crippen LogP) is 6.33. The van der Waals surface area contributed by atoms with Crippen LogP contribution in [0.5, 0.6) is 5.75 Å². The molecule has 11 heteroatoms. The van der Waals surface area contributed by atoms with Gasteiger partial charge in [0.1, 0.15) is 5.75 Å². The van der Waals surface area contributed by atoms with Crippen molar-refractivity contribution in [3.05, 3.63) is 89.0 Å². The lowest BCUT2D eigenvalue weighted by Crippen LogP contribution is -2.45. The molecule has 44 heavy (non-hydrogen) atoms. The average Bonchev–Trinajstić information content (AvgIpc) is 3.50. The predicted molar refractivity (Wildman–Crippen MR) is 168 cm³/mol. The number of rotatable bonds is 6. The van der Waals surface area contributed by atoms with E-state index >= 15 is 0 Å². The van der Waals surface area contributed by atoms with Crippen molar-refractivity contribution in [1.82, 2.24) is 9.21 Å². The smallest absolute Gasteiger partial charge is 0.386 e. The van der Waals surface area contributed by atoms with Gasteiger partial charge in [-0.15, -0.1) is 0 Å². The van der Waals surface area contributed by atoms with E-state index < -0.39 is 16.2 Å². The number of carbonyl (C=O) groups excluding carboxylic acids is 1. The molecule has 2 fully saturated rings. The van der Waals surface area contributed by atoms with Gasteiger partial charge in [-0.25, -0.2) is 8.42 Å². The van der Waals surface area contributed by atoms with E-state index in [2.05, 4.69) is 62.1 Å². The molecule has 7 nitrogen and oxygen atoms in total. The second kappa shape index (κ2) is 15.4. The van der Waals surface area contributed by atoms with E-state index in [-0.39, 0.29) is 12.8 Å². The minimum Gasteiger partial charge on any atom is -0.497 e. The van der Waals surface area contributed by atoms with Crippen molar-refractivity contribution >= 4 is 22.1 Å². The zero-order chi connectivity index (χ0) is 32.5. The Hall–Kier alpha value is -3.57. The normalized spacial score (nSPS) is 17.2. The van der Waals surface area contributed by atoms with Crippen LogP contribution in [0, 0.1) is 20.8 Å². The summed E-state index contributed by atoms with van der Waals surface area (Å²) in [5, 5.41) is 0. The third-order valence-corrected chi connectivity index (χ3v) is 9.37. The minimum absolute atomic E-state index is 0.188. The van der Waals surface area contributed by atoms with E-state index in [0.29, 0.717) is 23.7 Å². The first-order valence-corrected chi connectivity index (χ1v) is 15.9. The Morgan fingerprint density at radius 1 is 0.864 bits per heavy atom. The highest BCUT2D eigenvalue weighted by Crippen LogP contribution is 2.32. The molecule has 2 heterocycles. The number of carbonyl (C=O) groups is 1. The Kier molecular flexibility index (Phi) is 12.2. The maximum Gasteiger partial charge on any atom is 0.386 e. The molecule has 2 aliphatic rings. The van der Waals surface area contributed by atoms with Gasteiger partial charge in [-0.3, -0.25) is 4.79 Å². The molecule has 0 bridgehead atoms. The molecule has 1 amide bonds. The van der Waals surface area contributed by atoms with Gasteiger partial charge in [0.05, 0.1) is 12.0 Å². The lowest BCUT2D eigenvalue weighted by molar-refractivity contribution is -0.118. The fraction of sp³-hybridized carbons (Fsp3) is 0.424. The van der Waals surface area contributed by atoms with Crippen molar-refractivity contribution in [2.24, 2.45) is 0 Å². The third kappa shape index (κ3) is 10.3. The van der Waals surface area contributed by atoms with Crippen LogP contribution in [-0.4, -0.2) is 76.6 Å². The van der Waals surface area contributed by atoms with Gasteiger partial charge in [0, 0.05) is 57.9 Å². The largest absolute Gasteiger partial charge is 0.497 e. The van der Waals surface area contributed by atoms with Gasteiger partial charge in [0.25, 0.3) is 0 Å². The molecule has 0 aliphatic carbocycles. The summed E-state index contributed by atoms with van der Waals surface area (Å²) < 4.78 is 63.4. The topological polar surface area (TPSA) is 70.2 Å². The lowest BCUT2D eigenvalue weighted by Gasteiger charge is -2.35. The number of amides is 1. The molecule has 5 rings (SSSR count). The van der Waals surface area contributed by atoms with Gasteiger partial charge in [-0.05, 0) is 68.0 Å². The molecule has 3 aromatic carbocycles. The molecule has 0 saturated carbocycles. The van der Waals surface area contributed by atoms with E-state index in [1.165, 1.54) is 35.1 Å². The highest BCUT2D eigenvalue weighted by atomic mass is 32.2. The number of nitrogens with zero attached hydrogens (tertiary/aromatic N) is 3. The van der Waals surface area contributed by atoms with Crippen LogP contribution in [0.1, 0.15) is 41.5 Å². The number of alkyl halides is 3. The Labute approximate surface area is 259 Å². The van der Waals surface area contributed by atoms with E-state index in [0.717, 1.165) is 39.0 Å². The molecule has 0 spiro atoms. The monoisotopic (exact) mass is 633 g/mol. The number of anilines is 1. The standard InChI is InChI=1S/C18H21NO3S.C13H18N2O.C2H3F3/c1-14-5-3-6-15(11-14)16-9-10-19(13-16)23(20,21)18-8-4-7-17(12-18)22-2;1-11-3-4-12(2)13(9-11)15-7-5-14(10-16)6-8-15;1-2(3,4)5/h3-8,11-12,16H,9-10,13H2,1-2H3;3-4,9-10H,5-8H2,1-2H3;1H3. The van der Waals surface area contributed by atoms with Crippen LogP contribution in [0.2, 0.25) is 0 Å². The summed E-state index contributed by atoms with van der Waals surface area (Å²) >= 11 is 0. The molecule has 240 valence electrons. The summed E-state index contributed by atoms with van der Waals surface area (Å²) in [6.07, 6.45) is -2.20. The summed E-state index contributed by atoms with van der Waals surface area (Å²) in [5.41, 5.74) is 6.33. The number of ether oxygens (including phenoxy) is 1. The molecule has 2 saturated heterocycles. The Balaban J connectivity index is 0.000000219. The zero-order valence-electron chi connectivity index (χ0n) is 26.0. The number of benzene rings is 3. The second-order valence-electron chi connectivity index (χ2n) is 11.1. The molecular weight excluding hydrogens is 591 g/mol. The maximum absolute atomic E-state index is 12.8. The van der Waals surface area contributed by atoms with Gasteiger partial charge >= 0.3 is 6.18 Å². The van der Waals surface area contributed by atoms with Crippen LogP contribution in [-0.2, 0) is 14.8 Å². The lowest BCUT2D eigenvalue weighted by atomic mass is 9.97. The van der Waals surface area contributed by atoms with Gasteiger partial charge in [0.15, 0.2) is 0 Å².